The Hall–Kier alpha value is -4.33. The minimum atomic E-state index is -1.17. The van der Waals surface area contributed by atoms with Crippen molar-refractivity contribution in [2.24, 2.45) is 0 Å². The average Bonchev–Trinajstić information content (AvgIpc) is 2.83. The zero-order chi connectivity index (χ0) is 36.4. The van der Waals surface area contributed by atoms with Gasteiger partial charge in [-0.1, -0.05) is 0 Å². The summed E-state index contributed by atoms with van der Waals surface area (Å²) < 4.78 is 20.8. The molecule has 0 bridgehead atoms. The Morgan fingerprint density at radius 1 is 0.234 bits per heavy atom. The largest absolute Gasteiger partial charge is 0.480 e. The molecule has 270 valence electrons. The second-order valence-electron chi connectivity index (χ2n) is 6.40. The summed E-state index contributed by atoms with van der Waals surface area (Å²) in [6, 6.07) is 0. The van der Waals surface area contributed by atoms with E-state index in [2.05, 4.69) is 23.7 Å². The quantitative estimate of drug-likeness (QED) is 0.0561. The molecular formula is C20H30O25V2. The van der Waals surface area contributed by atoms with Crippen LogP contribution in [0.5, 0.6) is 0 Å². The van der Waals surface area contributed by atoms with Crippen molar-refractivity contribution in [3.8, 4) is 0 Å². The van der Waals surface area contributed by atoms with Crippen LogP contribution in [-0.2, 0) is 109 Å². The summed E-state index contributed by atoms with van der Waals surface area (Å²) in [4.78, 5) is 96.6. The van der Waals surface area contributed by atoms with E-state index in [1.807, 2.05) is 0 Å². The molecular weight excluding hydrogens is 742 g/mol. The fraction of sp³-hybridized carbons (Fsp3) is 0.500. The van der Waals surface area contributed by atoms with Gasteiger partial charge in [-0.25, -0.2) is 47.9 Å². The number of carboxylic acids is 10. The predicted octanol–water partition coefficient (Wildman–Crippen LogP) is -4.14. The minimum Gasteiger partial charge on any atom is -0.480 e. The van der Waals surface area contributed by atoms with Gasteiger partial charge in [0.05, 0.1) is 0 Å². The third-order valence-corrected chi connectivity index (χ3v) is 2.26. The van der Waals surface area contributed by atoms with E-state index >= 15 is 0 Å². The second kappa shape index (κ2) is 41.7. The summed E-state index contributed by atoms with van der Waals surface area (Å²) in [6.45, 7) is -5.63. The maximum atomic E-state index is 9.66. The van der Waals surface area contributed by atoms with E-state index in [4.69, 9.17) is 51.1 Å². The third kappa shape index (κ3) is 99.5. The van der Waals surface area contributed by atoms with Gasteiger partial charge in [-0.05, 0) is 0 Å². The van der Waals surface area contributed by atoms with Crippen LogP contribution < -0.4 is 0 Å². The van der Waals surface area contributed by atoms with E-state index < -0.39 is 126 Å². The Morgan fingerprint density at radius 2 is 0.298 bits per heavy atom. The van der Waals surface area contributed by atoms with Crippen molar-refractivity contribution in [3.63, 3.8) is 0 Å². The summed E-state index contributed by atoms with van der Waals surface area (Å²) in [5.41, 5.74) is 0. The van der Waals surface area contributed by atoms with Crippen molar-refractivity contribution in [2.75, 3.05) is 66.1 Å². The molecule has 0 saturated heterocycles. The van der Waals surface area contributed by atoms with E-state index in [1.165, 1.54) is 0 Å². The fourth-order valence-electron chi connectivity index (χ4n) is 1.13. The first-order valence-corrected chi connectivity index (χ1v) is 10.7. The molecule has 0 aliphatic heterocycles. The van der Waals surface area contributed by atoms with Gasteiger partial charge in [-0.15, -0.1) is 0 Å². The monoisotopic (exact) mass is 772 g/mol. The number of carboxylic acid groups (broad SMARTS) is 10. The number of ether oxygens (including phenoxy) is 5. The SMILES string of the molecule is O=C(O)COCC(=O)O.O=C(O)COCC(=O)O.O=C(O)COCC(=O)O.O=C(O)COCC(=O)O.O=C(O)COCC(=O)O.[V].[V]. The van der Waals surface area contributed by atoms with Gasteiger partial charge in [0, 0.05) is 37.1 Å². The molecule has 0 aromatic heterocycles. The predicted molar refractivity (Wildman–Crippen MR) is 130 cm³/mol. The normalized spacial score (nSPS) is 8.51. The molecule has 0 heterocycles. The Labute approximate surface area is 285 Å². The number of hydrogen-bond acceptors (Lipinski definition) is 15. The molecule has 0 fully saturated rings. The van der Waals surface area contributed by atoms with Crippen molar-refractivity contribution >= 4 is 59.7 Å². The topological polar surface area (TPSA) is 419 Å². The van der Waals surface area contributed by atoms with Crippen LogP contribution in [0.25, 0.3) is 0 Å². The van der Waals surface area contributed by atoms with Gasteiger partial charge in [0.2, 0.25) is 0 Å². The van der Waals surface area contributed by atoms with Gasteiger partial charge in [-0.2, -0.15) is 0 Å². The van der Waals surface area contributed by atoms with Crippen molar-refractivity contribution in [2.45, 2.75) is 0 Å². The first kappa shape index (κ1) is 58.2. The van der Waals surface area contributed by atoms with Crippen molar-refractivity contribution < 1.29 is 160 Å². The van der Waals surface area contributed by atoms with Gasteiger partial charge in [-0.3, -0.25) is 0 Å². The Balaban J connectivity index is -0.0000000842. The number of carbonyl (C=O) groups is 10. The molecule has 0 aliphatic carbocycles. The van der Waals surface area contributed by atoms with Crippen LogP contribution in [0.3, 0.4) is 0 Å². The molecule has 0 unspecified atom stereocenters. The van der Waals surface area contributed by atoms with Crippen molar-refractivity contribution in [1.82, 2.24) is 0 Å². The van der Waals surface area contributed by atoms with Gasteiger partial charge >= 0.3 is 59.7 Å². The molecule has 2 radical (unpaired) electrons. The molecule has 10 N–H and O–H groups in total. The maximum absolute atomic E-state index is 9.66. The van der Waals surface area contributed by atoms with E-state index in [0.29, 0.717) is 0 Å². The zero-order valence-corrected chi connectivity index (χ0v) is 26.4. The molecule has 0 spiro atoms. The maximum Gasteiger partial charge on any atom is 0.329 e. The molecule has 27 heteroatoms. The van der Waals surface area contributed by atoms with Crippen LogP contribution in [0, 0.1) is 0 Å². The molecule has 0 rings (SSSR count). The molecule has 0 saturated carbocycles. The molecule has 0 atom stereocenters. The molecule has 47 heavy (non-hydrogen) atoms. The Bertz CT molecular complexity index is 707. The zero-order valence-electron chi connectivity index (χ0n) is 23.6. The van der Waals surface area contributed by atoms with Gasteiger partial charge < -0.3 is 74.7 Å². The number of hydrogen-bond donors (Lipinski definition) is 10. The van der Waals surface area contributed by atoms with Crippen molar-refractivity contribution in [3.05, 3.63) is 0 Å². The van der Waals surface area contributed by atoms with Crippen molar-refractivity contribution in [1.29, 1.82) is 0 Å². The summed E-state index contributed by atoms with van der Waals surface area (Å²) in [6.07, 6.45) is 0. The molecule has 0 aromatic carbocycles. The second-order valence-corrected chi connectivity index (χ2v) is 6.40. The third-order valence-electron chi connectivity index (χ3n) is 2.26. The van der Waals surface area contributed by atoms with Crippen LogP contribution in [0.1, 0.15) is 0 Å². The van der Waals surface area contributed by atoms with Gasteiger partial charge in [0.1, 0.15) is 66.1 Å². The van der Waals surface area contributed by atoms with E-state index in [1.54, 1.807) is 0 Å². The Morgan fingerprint density at radius 3 is 0.340 bits per heavy atom. The summed E-state index contributed by atoms with van der Waals surface area (Å²) in [5, 5.41) is 79.1. The molecule has 0 aliphatic rings. The van der Waals surface area contributed by atoms with Gasteiger partial charge in [0.15, 0.2) is 0 Å². The van der Waals surface area contributed by atoms with Crippen LogP contribution in [0.4, 0.5) is 0 Å². The van der Waals surface area contributed by atoms with Crippen LogP contribution in [0.15, 0.2) is 0 Å². The van der Waals surface area contributed by atoms with E-state index in [-0.39, 0.29) is 37.1 Å². The molecule has 0 amide bonds. The van der Waals surface area contributed by atoms with Crippen LogP contribution in [-0.4, -0.2) is 177 Å². The van der Waals surface area contributed by atoms with Crippen LogP contribution in [0.2, 0.25) is 0 Å². The standard InChI is InChI=1S/5C4H6O5.2V/c5*5-3(6)1-9-2-4(7)8;;/h5*1-2H2,(H,5,6)(H,7,8);;. The van der Waals surface area contributed by atoms with Gasteiger partial charge in [0.25, 0.3) is 0 Å². The van der Waals surface area contributed by atoms with Crippen LogP contribution >= 0.6 is 0 Å². The Kier molecular flexibility index (Phi) is 51.6. The number of rotatable bonds is 20. The van der Waals surface area contributed by atoms with E-state index in [0.717, 1.165) is 0 Å². The van der Waals surface area contributed by atoms with E-state index in [9.17, 15) is 47.9 Å². The minimum absolute atomic E-state index is 0. The summed E-state index contributed by atoms with van der Waals surface area (Å²) in [7, 11) is 0. The summed E-state index contributed by atoms with van der Waals surface area (Å²) >= 11 is 0. The summed E-state index contributed by atoms with van der Waals surface area (Å²) in [5.74, 6) is -11.7. The smallest absolute Gasteiger partial charge is 0.329 e. The fourth-order valence-corrected chi connectivity index (χ4v) is 1.13. The number of aliphatic carboxylic acids is 10. The average molecular weight is 772 g/mol. The molecule has 25 nitrogen and oxygen atoms in total. The first-order chi connectivity index (χ1) is 20.6. The first-order valence-electron chi connectivity index (χ1n) is 10.7. The molecule has 0 aromatic rings.